The maximum atomic E-state index is 10.8. The van der Waals surface area contributed by atoms with Crippen molar-refractivity contribution in [2.45, 2.75) is 0 Å². The van der Waals surface area contributed by atoms with Gasteiger partial charge in [-0.2, -0.15) is 0 Å². The monoisotopic (exact) mass is 327 g/mol. The van der Waals surface area contributed by atoms with Crippen LogP contribution in [0.4, 0.5) is 0 Å². The second-order valence-corrected chi connectivity index (χ2v) is 4.43. The Morgan fingerprint density at radius 3 is 2.58 bits per heavy atom. The molecule has 1 aromatic heterocycles. The molecule has 0 aliphatic carbocycles. The van der Waals surface area contributed by atoms with Gasteiger partial charge in [-0.05, 0) is 28.1 Å². The van der Waals surface area contributed by atoms with E-state index in [-0.39, 0.29) is 11.5 Å². The molecule has 7 heteroatoms. The Morgan fingerprint density at radius 2 is 2.05 bits per heavy atom. The average molecular weight is 328 g/mol. The van der Waals surface area contributed by atoms with Crippen molar-refractivity contribution in [2.24, 2.45) is 0 Å². The number of rotatable bonds is 4. The van der Waals surface area contributed by atoms with E-state index in [1.54, 1.807) is 12.1 Å². The molecule has 0 unspecified atom stereocenters. The van der Waals surface area contributed by atoms with Gasteiger partial charge in [-0.25, -0.2) is 4.79 Å². The zero-order valence-electron chi connectivity index (χ0n) is 10.1. The molecule has 0 radical (unpaired) electrons. The Morgan fingerprint density at radius 1 is 1.32 bits per heavy atom. The number of ether oxygens (including phenoxy) is 2. The van der Waals surface area contributed by atoms with E-state index in [1.807, 2.05) is 0 Å². The number of carbonyl (C=O) groups is 1. The van der Waals surface area contributed by atoms with Crippen LogP contribution in [0.3, 0.4) is 0 Å². The molecule has 0 aliphatic heterocycles. The molecule has 0 amide bonds. The predicted molar refractivity (Wildman–Crippen MR) is 69.7 cm³/mol. The number of hydrogen-bond donors (Lipinski definition) is 1. The molecule has 2 rings (SSSR count). The standard InChI is InChI=1S/C12H10BrNO5/c1-17-6-3-7(11(18-2)8(13)4-6)10-5-9(12(15)16)14-19-10/h3-5H,1-2H3,(H,15,16). The first-order chi connectivity index (χ1) is 9.06. The SMILES string of the molecule is COc1cc(Br)c(OC)c(-c2cc(C(=O)O)no2)c1. The lowest BCUT2D eigenvalue weighted by atomic mass is 10.1. The number of aromatic nitrogens is 1. The van der Waals surface area contributed by atoms with Crippen molar-refractivity contribution in [3.05, 3.63) is 28.4 Å². The van der Waals surface area contributed by atoms with Gasteiger partial charge in [0.25, 0.3) is 0 Å². The summed E-state index contributed by atoms with van der Waals surface area (Å²) in [6, 6.07) is 4.73. The van der Waals surface area contributed by atoms with Gasteiger partial charge in [0.05, 0.1) is 24.3 Å². The summed E-state index contributed by atoms with van der Waals surface area (Å²) in [5.74, 6) is 0.217. The minimum atomic E-state index is -1.16. The van der Waals surface area contributed by atoms with Crippen molar-refractivity contribution < 1.29 is 23.9 Å². The fraction of sp³-hybridized carbons (Fsp3) is 0.167. The third-order valence-corrected chi connectivity index (χ3v) is 3.04. The number of carboxylic acids is 1. The first kappa shape index (κ1) is 13.4. The zero-order chi connectivity index (χ0) is 14.0. The van der Waals surface area contributed by atoms with Crippen LogP contribution in [-0.4, -0.2) is 30.5 Å². The highest BCUT2D eigenvalue weighted by molar-refractivity contribution is 9.10. The Balaban J connectivity index is 2.58. The highest BCUT2D eigenvalue weighted by atomic mass is 79.9. The van der Waals surface area contributed by atoms with Crippen LogP contribution in [0.1, 0.15) is 10.5 Å². The van der Waals surface area contributed by atoms with Crippen LogP contribution in [0.15, 0.2) is 27.2 Å². The smallest absolute Gasteiger partial charge is 0.358 e. The second-order valence-electron chi connectivity index (χ2n) is 3.57. The summed E-state index contributed by atoms with van der Waals surface area (Å²) in [4.78, 5) is 10.8. The van der Waals surface area contributed by atoms with Gasteiger partial charge in [0.1, 0.15) is 11.5 Å². The maximum absolute atomic E-state index is 10.8. The molecule has 0 fully saturated rings. The maximum Gasteiger partial charge on any atom is 0.358 e. The third-order valence-electron chi connectivity index (χ3n) is 2.45. The van der Waals surface area contributed by atoms with Crippen molar-refractivity contribution in [3.8, 4) is 22.8 Å². The zero-order valence-corrected chi connectivity index (χ0v) is 11.7. The van der Waals surface area contributed by atoms with E-state index in [2.05, 4.69) is 21.1 Å². The van der Waals surface area contributed by atoms with E-state index >= 15 is 0 Å². The van der Waals surface area contributed by atoms with Crippen molar-refractivity contribution in [3.63, 3.8) is 0 Å². The number of carboxylic acid groups (broad SMARTS) is 1. The highest BCUT2D eigenvalue weighted by Crippen LogP contribution is 2.40. The van der Waals surface area contributed by atoms with Crippen LogP contribution < -0.4 is 9.47 Å². The normalized spacial score (nSPS) is 10.3. The molecule has 0 saturated heterocycles. The molecule has 1 heterocycles. The molecule has 19 heavy (non-hydrogen) atoms. The predicted octanol–water partition coefficient (Wildman–Crippen LogP) is 2.82. The lowest BCUT2D eigenvalue weighted by molar-refractivity contribution is 0.0686. The van der Waals surface area contributed by atoms with E-state index in [0.29, 0.717) is 21.5 Å². The lowest BCUT2D eigenvalue weighted by Crippen LogP contribution is -1.94. The first-order valence-electron chi connectivity index (χ1n) is 5.18. The molecule has 1 N–H and O–H groups in total. The molecule has 0 atom stereocenters. The summed E-state index contributed by atoms with van der Waals surface area (Å²) in [5.41, 5.74) is 0.379. The van der Waals surface area contributed by atoms with E-state index < -0.39 is 5.97 Å². The summed E-state index contributed by atoms with van der Waals surface area (Å²) in [6.07, 6.45) is 0. The number of aromatic carboxylic acids is 1. The second kappa shape index (κ2) is 5.31. The van der Waals surface area contributed by atoms with E-state index in [0.717, 1.165) is 0 Å². The molecule has 0 bridgehead atoms. The van der Waals surface area contributed by atoms with Crippen LogP contribution in [0.5, 0.6) is 11.5 Å². The Labute approximate surface area is 117 Å². The van der Waals surface area contributed by atoms with Crippen LogP contribution in [0.25, 0.3) is 11.3 Å². The van der Waals surface area contributed by atoms with Gasteiger partial charge in [-0.3, -0.25) is 0 Å². The van der Waals surface area contributed by atoms with Crippen LogP contribution in [0.2, 0.25) is 0 Å². The Kier molecular flexibility index (Phi) is 3.75. The minimum Gasteiger partial charge on any atom is -0.497 e. The molecule has 0 spiro atoms. The van der Waals surface area contributed by atoms with Crippen LogP contribution >= 0.6 is 15.9 Å². The molecular weight excluding hydrogens is 318 g/mol. The summed E-state index contributed by atoms with van der Waals surface area (Å²) in [6.45, 7) is 0. The first-order valence-corrected chi connectivity index (χ1v) is 5.98. The molecule has 0 saturated carbocycles. The average Bonchev–Trinajstić information content (AvgIpc) is 2.87. The fourth-order valence-electron chi connectivity index (χ4n) is 1.58. The van der Waals surface area contributed by atoms with Gasteiger partial charge in [0.15, 0.2) is 11.5 Å². The van der Waals surface area contributed by atoms with Crippen molar-refractivity contribution in [2.75, 3.05) is 14.2 Å². The summed E-state index contributed by atoms with van der Waals surface area (Å²) >= 11 is 3.35. The van der Waals surface area contributed by atoms with Gasteiger partial charge < -0.3 is 19.1 Å². The topological polar surface area (TPSA) is 81.8 Å². The minimum absolute atomic E-state index is 0.170. The Bertz CT molecular complexity index is 623. The summed E-state index contributed by atoms with van der Waals surface area (Å²) < 4.78 is 16.1. The number of hydrogen-bond acceptors (Lipinski definition) is 5. The summed E-state index contributed by atoms with van der Waals surface area (Å²) in [7, 11) is 3.03. The van der Waals surface area contributed by atoms with Gasteiger partial charge in [0, 0.05) is 6.07 Å². The largest absolute Gasteiger partial charge is 0.497 e. The summed E-state index contributed by atoms with van der Waals surface area (Å²) in [5, 5.41) is 12.3. The number of nitrogens with zero attached hydrogens (tertiary/aromatic N) is 1. The van der Waals surface area contributed by atoms with Gasteiger partial charge in [-0.1, -0.05) is 5.16 Å². The molecule has 100 valence electrons. The van der Waals surface area contributed by atoms with Gasteiger partial charge >= 0.3 is 5.97 Å². The van der Waals surface area contributed by atoms with E-state index in [4.69, 9.17) is 19.1 Å². The van der Waals surface area contributed by atoms with Crippen LogP contribution in [0, 0.1) is 0 Å². The van der Waals surface area contributed by atoms with E-state index in [1.165, 1.54) is 20.3 Å². The molecule has 0 aliphatic rings. The number of benzene rings is 1. The van der Waals surface area contributed by atoms with Crippen LogP contribution in [-0.2, 0) is 0 Å². The van der Waals surface area contributed by atoms with Crippen molar-refractivity contribution in [1.29, 1.82) is 0 Å². The third kappa shape index (κ3) is 2.55. The molecule has 6 nitrogen and oxygen atoms in total. The van der Waals surface area contributed by atoms with Crippen molar-refractivity contribution >= 4 is 21.9 Å². The fourth-order valence-corrected chi connectivity index (χ4v) is 2.18. The lowest BCUT2D eigenvalue weighted by Gasteiger charge is -2.10. The molecule has 1 aromatic carbocycles. The number of methoxy groups -OCH3 is 2. The van der Waals surface area contributed by atoms with E-state index in [9.17, 15) is 4.79 Å². The number of halogens is 1. The van der Waals surface area contributed by atoms with Crippen molar-refractivity contribution in [1.82, 2.24) is 5.16 Å². The van der Waals surface area contributed by atoms with Gasteiger partial charge in [0.2, 0.25) is 0 Å². The Hall–Kier alpha value is -2.02. The van der Waals surface area contributed by atoms with Gasteiger partial charge in [-0.15, -0.1) is 0 Å². The highest BCUT2D eigenvalue weighted by Gasteiger charge is 2.18. The molecular formula is C12H10BrNO5. The quantitative estimate of drug-likeness (QED) is 0.929. The molecule has 2 aromatic rings.